The van der Waals surface area contributed by atoms with Gasteiger partial charge < -0.3 is 26.0 Å². The number of alkyl carbamates (subject to hydrolysis) is 1. The Kier molecular flexibility index (Phi) is 8.72. The summed E-state index contributed by atoms with van der Waals surface area (Å²) in [6.45, 7) is 6.64. The molecule has 0 aromatic carbocycles. The fourth-order valence-corrected chi connectivity index (χ4v) is 4.89. The number of ether oxygens (including phenoxy) is 1. The van der Waals surface area contributed by atoms with Crippen molar-refractivity contribution in [3.63, 3.8) is 0 Å². The fourth-order valence-electron chi connectivity index (χ4n) is 3.34. The van der Waals surface area contributed by atoms with Crippen LogP contribution < -0.4 is 21.3 Å². The van der Waals surface area contributed by atoms with E-state index in [-0.39, 0.29) is 24.0 Å². The summed E-state index contributed by atoms with van der Waals surface area (Å²) in [5.41, 5.74) is -0.488. The molecule has 0 radical (unpaired) electrons. The lowest BCUT2D eigenvalue weighted by atomic mass is 10.0. The minimum absolute atomic E-state index is 0.0547. The molecule has 4 amide bonds. The number of fused-ring (bicyclic) bond motifs is 1. The second-order valence-electron chi connectivity index (χ2n) is 8.35. The van der Waals surface area contributed by atoms with Gasteiger partial charge in [0.25, 0.3) is 0 Å². The van der Waals surface area contributed by atoms with Gasteiger partial charge in [-0.1, -0.05) is 6.42 Å². The molecule has 28 heavy (non-hydrogen) atoms. The maximum Gasteiger partial charge on any atom is 0.407 e. The third-order valence-electron chi connectivity index (χ3n) is 4.67. The zero-order valence-corrected chi connectivity index (χ0v) is 18.0. The third-order valence-corrected chi connectivity index (χ3v) is 6.18. The Morgan fingerprint density at radius 1 is 1.11 bits per heavy atom. The summed E-state index contributed by atoms with van der Waals surface area (Å²) >= 11 is 1.90. The van der Waals surface area contributed by atoms with Crippen LogP contribution in [0.15, 0.2) is 0 Å². The number of thioether (sulfide) groups is 1. The molecule has 0 aromatic rings. The predicted octanol–water partition coefficient (Wildman–Crippen LogP) is 2.13. The number of urea groups is 1. The van der Waals surface area contributed by atoms with Crippen LogP contribution in [0, 0.1) is 0 Å². The van der Waals surface area contributed by atoms with Gasteiger partial charge >= 0.3 is 12.1 Å². The molecule has 2 aliphatic heterocycles. The predicted molar refractivity (Wildman–Crippen MR) is 110 cm³/mol. The molecule has 0 aromatic heterocycles. The number of unbranched alkanes of at least 4 members (excludes halogenated alkanes) is 2. The van der Waals surface area contributed by atoms with Crippen molar-refractivity contribution in [2.75, 3.05) is 18.8 Å². The van der Waals surface area contributed by atoms with Crippen molar-refractivity contribution in [1.29, 1.82) is 0 Å². The maximum atomic E-state index is 11.9. The minimum Gasteiger partial charge on any atom is -0.444 e. The fraction of sp³-hybridized carbons (Fsp3) is 0.842. The highest BCUT2D eigenvalue weighted by Gasteiger charge is 2.42. The maximum absolute atomic E-state index is 11.9. The third kappa shape index (κ3) is 8.16. The van der Waals surface area contributed by atoms with E-state index in [2.05, 4.69) is 21.3 Å². The monoisotopic (exact) mass is 414 g/mol. The van der Waals surface area contributed by atoms with E-state index in [0.29, 0.717) is 24.8 Å². The molecule has 0 spiro atoms. The topological polar surface area (TPSA) is 109 Å². The van der Waals surface area contributed by atoms with Gasteiger partial charge in [-0.2, -0.15) is 11.8 Å². The highest BCUT2D eigenvalue weighted by atomic mass is 32.2. The van der Waals surface area contributed by atoms with E-state index in [0.717, 1.165) is 37.9 Å². The van der Waals surface area contributed by atoms with Crippen molar-refractivity contribution in [1.82, 2.24) is 21.3 Å². The first-order chi connectivity index (χ1) is 13.2. The lowest BCUT2D eigenvalue weighted by Gasteiger charge is -2.19. The zero-order valence-electron chi connectivity index (χ0n) is 17.1. The van der Waals surface area contributed by atoms with Crippen molar-refractivity contribution >= 4 is 29.8 Å². The summed E-state index contributed by atoms with van der Waals surface area (Å²) in [5.74, 6) is 1.05. The molecule has 8 nitrogen and oxygen atoms in total. The van der Waals surface area contributed by atoms with Crippen molar-refractivity contribution in [3.05, 3.63) is 0 Å². The van der Waals surface area contributed by atoms with Gasteiger partial charge in [0.1, 0.15) is 5.60 Å². The van der Waals surface area contributed by atoms with Crippen molar-refractivity contribution in [2.45, 2.75) is 82.2 Å². The largest absolute Gasteiger partial charge is 0.444 e. The molecule has 0 bridgehead atoms. The summed E-state index contributed by atoms with van der Waals surface area (Å²) < 4.78 is 5.16. The van der Waals surface area contributed by atoms with Crippen LogP contribution in [-0.4, -0.2) is 59.8 Å². The van der Waals surface area contributed by atoms with Gasteiger partial charge in [0, 0.05) is 30.5 Å². The highest BCUT2D eigenvalue weighted by Crippen LogP contribution is 2.33. The van der Waals surface area contributed by atoms with Crippen molar-refractivity contribution in [2.24, 2.45) is 0 Å². The first-order valence-corrected chi connectivity index (χ1v) is 11.2. The molecule has 2 fully saturated rings. The van der Waals surface area contributed by atoms with Crippen LogP contribution in [0.3, 0.4) is 0 Å². The normalized spacial score (nSPS) is 23.5. The van der Waals surface area contributed by atoms with E-state index in [9.17, 15) is 14.4 Å². The van der Waals surface area contributed by atoms with Gasteiger partial charge in [0.05, 0.1) is 12.1 Å². The lowest BCUT2D eigenvalue weighted by molar-refractivity contribution is -0.121. The number of hydrogen-bond acceptors (Lipinski definition) is 5. The standard InChI is InChI=1S/C19H34N4O4S/c1-19(2,3)27-18(26)21-11-7-6-10-20-15(24)9-5-4-8-14-16-13(12-28-14)22-17(25)23-16/h13-14,16H,4-12H2,1-3H3,(H,20,24)(H,21,26)(H2,22,23,25)/t13-,14-,16-/m0/s1. The molecule has 2 aliphatic rings. The zero-order chi connectivity index (χ0) is 20.6. The van der Waals surface area contributed by atoms with Crippen LogP contribution >= 0.6 is 11.8 Å². The SMILES string of the molecule is CC(C)(C)OC(=O)NCCCCNC(=O)CCCC[C@@H]1SC[C@@H]2NC(=O)N[C@@H]21. The number of rotatable bonds is 10. The van der Waals surface area contributed by atoms with Crippen molar-refractivity contribution < 1.29 is 19.1 Å². The van der Waals surface area contributed by atoms with Gasteiger partial charge in [-0.25, -0.2) is 9.59 Å². The molecule has 2 heterocycles. The Morgan fingerprint density at radius 2 is 1.82 bits per heavy atom. The van der Waals surface area contributed by atoms with E-state index < -0.39 is 11.7 Å². The van der Waals surface area contributed by atoms with E-state index in [1.165, 1.54) is 0 Å². The molecule has 0 saturated carbocycles. The van der Waals surface area contributed by atoms with Crippen LogP contribution in [0.25, 0.3) is 0 Å². The van der Waals surface area contributed by atoms with Crippen LogP contribution in [0.1, 0.15) is 59.3 Å². The van der Waals surface area contributed by atoms with Gasteiger partial charge in [0.2, 0.25) is 5.91 Å². The molecule has 4 N–H and O–H groups in total. The van der Waals surface area contributed by atoms with Crippen LogP contribution in [0.2, 0.25) is 0 Å². The number of amides is 4. The summed E-state index contributed by atoms with van der Waals surface area (Å²) in [7, 11) is 0. The average molecular weight is 415 g/mol. The Balaban J connectivity index is 1.42. The van der Waals surface area contributed by atoms with Gasteiger partial charge in [0.15, 0.2) is 0 Å². The molecule has 0 aliphatic carbocycles. The Bertz CT molecular complexity index is 553. The van der Waals surface area contributed by atoms with Gasteiger partial charge in [-0.05, 0) is 46.5 Å². The van der Waals surface area contributed by atoms with Crippen LogP contribution in [0.4, 0.5) is 9.59 Å². The molecule has 3 atom stereocenters. The second-order valence-corrected chi connectivity index (χ2v) is 9.63. The van der Waals surface area contributed by atoms with Crippen LogP contribution in [-0.2, 0) is 9.53 Å². The summed E-state index contributed by atoms with van der Waals surface area (Å²) in [6, 6.07) is 0.442. The van der Waals surface area contributed by atoms with Crippen LogP contribution in [0.5, 0.6) is 0 Å². The summed E-state index contributed by atoms with van der Waals surface area (Å²) in [5, 5.41) is 12.0. The molecular formula is C19H34N4O4S. The molecule has 2 rings (SSSR count). The summed E-state index contributed by atoms with van der Waals surface area (Å²) in [4.78, 5) is 34.7. The number of carbonyl (C=O) groups excluding carboxylic acids is 3. The molecule has 2 saturated heterocycles. The Hall–Kier alpha value is -1.64. The number of nitrogens with one attached hydrogen (secondary N) is 4. The molecular weight excluding hydrogens is 380 g/mol. The van der Waals surface area contributed by atoms with E-state index in [4.69, 9.17) is 4.74 Å². The van der Waals surface area contributed by atoms with E-state index >= 15 is 0 Å². The van der Waals surface area contributed by atoms with E-state index in [1.54, 1.807) is 0 Å². The molecule has 0 unspecified atom stereocenters. The quantitative estimate of drug-likeness (QED) is 0.323. The first-order valence-electron chi connectivity index (χ1n) is 10.2. The number of hydrogen-bond donors (Lipinski definition) is 4. The Labute approximate surface area is 171 Å². The van der Waals surface area contributed by atoms with Gasteiger partial charge in [-0.3, -0.25) is 4.79 Å². The molecule has 160 valence electrons. The summed E-state index contributed by atoms with van der Waals surface area (Å²) in [6.07, 6.45) is 4.61. The first kappa shape index (κ1) is 22.6. The van der Waals surface area contributed by atoms with Gasteiger partial charge in [-0.15, -0.1) is 0 Å². The second kappa shape index (κ2) is 10.8. The smallest absolute Gasteiger partial charge is 0.407 e. The average Bonchev–Trinajstić information content (AvgIpc) is 3.12. The molecule has 9 heteroatoms. The lowest BCUT2D eigenvalue weighted by Crippen LogP contribution is -2.36. The highest BCUT2D eigenvalue weighted by molar-refractivity contribution is 8.00. The number of carbonyl (C=O) groups is 3. The van der Waals surface area contributed by atoms with Crippen molar-refractivity contribution in [3.8, 4) is 0 Å². The minimum atomic E-state index is -0.488. The Morgan fingerprint density at radius 3 is 2.54 bits per heavy atom. The van der Waals surface area contributed by atoms with E-state index in [1.807, 2.05) is 32.5 Å².